The molecule has 0 amide bonds. The first-order valence-electron chi connectivity index (χ1n) is 7.65. The monoisotopic (exact) mass is 371 g/mol. The van der Waals surface area contributed by atoms with E-state index in [-0.39, 0.29) is 6.04 Å². The molecule has 2 aliphatic rings. The Balaban J connectivity index is 1.76. The van der Waals surface area contributed by atoms with Gasteiger partial charge in [0, 0.05) is 10.5 Å². The van der Waals surface area contributed by atoms with Crippen LogP contribution in [0.2, 0.25) is 0 Å². The molecular weight excluding hydrogens is 350 g/mol. The zero-order valence-electron chi connectivity index (χ0n) is 12.5. The number of rotatable bonds is 4. The van der Waals surface area contributed by atoms with Gasteiger partial charge in [0.25, 0.3) is 0 Å². The van der Waals surface area contributed by atoms with Crippen molar-refractivity contribution in [2.75, 3.05) is 0 Å². The fraction of sp³-hybridized carbons (Fsp3) is 0.625. The van der Waals surface area contributed by atoms with Gasteiger partial charge in [-0.15, -0.1) is 0 Å². The smallest absolute Gasteiger partial charge is 0.208 e. The van der Waals surface area contributed by atoms with E-state index in [9.17, 15) is 8.42 Å². The molecule has 2 fully saturated rings. The Morgan fingerprint density at radius 2 is 2.05 bits per heavy atom. The average Bonchev–Trinajstić information content (AvgIpc) is 2.99. The van der Waals surface area contributed by atoms with E-state index in [0.29, 0.717) is 21.2 Å². The molecule has 1 N–H and O–H groups in total. The minimum Gasteiger partial charge on any atom is -0.208 e. The van der Waals surface area contributed by atoms with E-state index >= 15 is 0 Å². The Hall–Kier alpha value is -0.390. The second kappa shape index (κ2) is 5.67. The van der Waals surface area contributed by atoms with Gasteiger partial charge in [0.1, 0.15) is 0 Å². The summed E-state index contributed by atoms with van der Waals surface area (Å²) in [5.74, 6) is 2.05. The molecule has 3 rings (SSSR count). The summed E-state index contributed by atoms with van der Waals surface area (Å²) in [6.45, 7) is 3.97. The molecule has 1 aromatic rings. The molecule has 0 heterocycles. The molecule has 2 aliphatic carbocycles. The highest BCUT2D eigenvalue weighted by molar-refractivity contribution is 9.10. The Morgan fingerprint density at radius 1 is 1.29 bits per heavy atom. The van der Waals surface area contributed by atoms with E-state index in [2.05, 4.69) is 20.7 Å². The second-order valence-corrected chi connectivity index (χ2v) is 9.22. The molecule has 21 heavy (non-hydrogen) atoms. The van der Waals surface area contributed by atoms with E-state index in [1.807, 2.05) is 26.0 Å². The third-order valence-corrected chi connectivity index (χ3v) is 7.69. The lowest BCUT2D eigenvalue weighted by atomic mass is 9.84. The summed E-state index contributed by atoms with van der Waals surface area (Å²) in [6, 6.07) is 5.37. The van der Waals surface area contributed by atoms with Crippen LogP contribution in [-0.4, -0.2) is 14.5 Å². The lowest BCUT2D eigenvalue weighted by molar-refractivity contribution is 0.280. The first kappa shape index (κ1) is 15.5. The van der Waals surface area contributed by atoms with Crippen LogP contribution in [0.5, 0.6) is 0 Å². The number of nitrogens with one attached hydrogen (secondary N) is 1. The van der Waals surface area contributed by atoms with Gasteiger partial charge in [0.05, 0.1) is 4.90 Å². The highest BCUT2D eigenvalue weighted by atomic mass is 79.9. The molecule has 2 bridgehead atoms. The van der Waals surface area contributed by atoms with Crippen molar-refractivity contribution in [3.8, 4) is 0 Å². The molecule has 5 heteroatoms. The van der Waals surface area contributed by atoms with Crippen molar-refractivity contribution in [1.29, 1.82) is 0 Å². The summed E-state index contributed by atoms with van der Waals surface area (Å²) in [7, 11) is -3.46. The summed E-state index contributed by atoms with van der Waals surface area (Å²) < 4.78 is 28.7. The quantitative estimate of drug-likeness (QED) is 0.873. The third kappa shape index (κ3) is 3.06. The molecule has 0 saturated heterocycles. The highest BCUT2D eigenvalue weighted by Gasteiger charge is 2.42. The summed E-state index contributed by atoms with van der Waals surface area (Å²) >= 11 is 3.37. The van der Waals surface area contributed by atoms with E-state index < -0.39 is 10.0 Å². The van der Waals surface area contributed by atoms with E-state index in [0.717, 1.165) is 11.5 Å². The van der Waals surface area contributed by atoms with Crippen LogP contribution in [0.15, 0.2) is 27.6 Å². The number of hydrogen-bond donors (Lipinski definition) is 1. The maximum Gasteiger partial charge on any atom is 0.241 e. The van der Waals surface area contributed by atoms with Crippen LogP contribution >= 0.6 is 15.9 Å². The summed E-state index contributed by atoms with van der Waals surface area (Å²) in [6.07, 6.45) is 5.09. The Morgan fingerprint density at radius 3 is 2.62 bits per heavy atom. The fourth-order valence-electron chi connectivity index (χ4n) is 4.13. The first-order valence-corrected chi connectivity index (χ1v) is 9.93. The van der Waals surface area contributed by atoms with Crippen LogP contribution in [-0.2, 0) is 10.0 Å². The van der Waals surface area contributed by atoms with Crippen molar-refractivity contribution in [3.63, 3.8) is 0 Å². The van der Waals surface area contributed by atoms with Crippen molar-refractivity contribution in [1.82, 2.24) is 4.72 Å². The summed E-state index contributed by atoms with van der Waals surface area (Å²) in [4.78, 5) is 0.336. The first-order chi connectivity index (χ1) is 9.87. The van der Waals surface area contributed by atoms with Crippen LogP contribution in [0.3, 0.4) is 0 Å². The van der Waals surface area contributed by atoms with Crippen molar-refractivity contribution in [3.05, 3.63) is 28.2 Å². The van der Waals surface area contributed by atoms with Gasteiger partial charge in [-0.25, -0.2) is 13.1 Å². The van der Waals surface area contributed by atoms with Crippen LogP contribution in [0.1, 0.15) is 38.2 Å². The zero-order chi connectivity index (χ0) is 15.2. The Bertz CT molecular complexity index is 644. The van der Waals surface area contributed by atoms with Gasteiger partial charge in [-0.1, -0.05) is 12.5 Å². The van der Waals surface area contributed by atoms with Gasteiger partial charge >= 0.3 is 0 Å². The minimum absolute atomic E-state index is 0.0125. The van der Waals surface area contributed by atoms with Crippen molar-refractivity contribution in [2.24, 2.45) is 17.8 Å². The Labute approximate surface area is 135 Å². The molecule has 1 aromatic carbocycles. The molecule has 116 valence electrons. The van der Waals surface area contributed by atoms with Crippen molar-refractivity contribution in [2.45, 2.75) is 50.5 Å². The molecule has 0 radical (unpaired) electrons. The van der Waals surface area contributed by atoms with Gasteiger partial charge in [0.2, 0.25) is 10.0 Å². The minimum atomic E-state index is -3.46. The number of aryl methyl sites for hydroxylation is 1. The predicted molar refractivity (Wildman–Crippen MR) is 87.6 cm³/mol. The number of sulfonamides is 1. The number of benzene rings is 1. The molecule has 3 nitrogen and oxygen atoms in total. The van der Waals surface area contributed by atoms with E-state index in [4.69, 9.17) is 0 Å². The number of fused-ring (bicyclic) bond motifs is 2. The van der Waals surface area contributed by atoms with Crippen LogP contribution < -0.4 is 4.72 Å². The molecule has 4 atom stereocenters. The van der Waals surface area contributed by atoms with E-state index in [1.54, 1.807) is 6.07 Å². The van der Waals surface area contributed by atoms with Gasteiger partial charge in [-0.2, -0.15) is 0 Å². The molecular formula is C16H22BrNO2S. The topological polar surface area (TPSA) is 46.2 Å². The molecule has 2 saturated carbocycles. The third-order valence-electron chi connectivity index (χ3n) is 5.15. The van der Waals surface area contributed by atoms with Crippen LogP contribution in [0.25, 0.3) is 0 Å². The lowest BCUT2D eigenvalue weighted by Gasteiger charge is -2.28. The number of hydrogen-bond acceptors (Lipinski definition) is 2. The highest BCUT2D eigenvalue weighted by Crippen LogP contribution is 2.49. The normalized spacial score (nSPS) is 29.8. The molecule has 4 unspecified atom stereocenters. The molecule has 0 aliphatic heterocycles. The van der Waals surface area contributed by atoms with Crippen molar-refractivity contribution < 1.29 is 8.42 Å². The maximum atomic E-state index is 12.6. The predicted octanol–water partition coefficient (Wildman–Crippen LogP) is 3.86. The molecule has 0 aromatic heterocycles. The van der Waals surface area contributed by atoms with Gasteiger partial charge in [-0.05, 0) is 84.5 Å². The van der Waals surface area contributed by atoms with Crippen molar-refractivity contribution >= 4 is 26.0 Å². The summed E-state index contributed by atoms with van der Waals surface area (Å²) in [5, 5.41) is 0. The van der Waals surface area contributed by atoms with Gasteiger partial charge < -0.3 is 0 Å². The SMILES string of the molecule is Cc1ccc(S(=O)(=O)NC(C)C2CC3CCC2C3)c(Br)c1. The van der Waals surface area contributed by atoms with Crippen LogP contribution in [0.4, 0.5) is 0 Å². The Kier molecular flexibility index (Phi) is 4.19. The van der Waals surface area contributed by atoms with Crippen LogP contribution in [0, 0.1) is 24.7 Å². The largest absolute Gasteiger partial charge is 0.241 e. The number of halogens is 1. The summed E-state index contributed by atoms with van der Waals surface area (Å²) in [5.41, 5.74) is 1.04. The standard InChI is InChI=1S/C16H22BrNO2S/c1-10-3-6-16(15(17)7-10)21(19,20)18-11(2)14-9-12-4-5-13(14)8-12/h3,6-7,11-14,18H,4-5,8-9H2,1-2H3. The molecule has 0 spiro atoms. The lowest BCUT2D eigenvalue weighted by Crippen LogP contribution is -2.40. The average molecular weight is 372 g/mol. The zero-order valence-corrected chi connectivity index (χ0v) is 14.9. The van der Waals surface area contributed by atoms with Gasteiger partial charge in [-0.3, -0.25) is 0 Å². The van der Waals surface area contributed by atoms with Gasteiger partial charge in [0.15, 0.2) is 0 Å². The fourth-order valence-corrected chi connectivity index (χ4v) is 6.61. The van der Waals surface area contributed by atoms with E-state index in [1.165, 1.54) is 25.7 Å². The maximum absolute atomic E-state index is 12.6. The second-order valence-electron chi connectivity index (χ2n) is 6.68.